The van der Waals surface area contributed by atoms with Gasteiger partial charge in [0.1, 0.15) is 11.5 Å². The van der Waals surface area contributed by atoms with E-state index in [9.17, 15) is 9.18 Å². The number of pyridine rings is 1. The van der Waals surface area contributed by atoms with Crippen molar-refractivity contribution in [1.82, 2.24) is 4.98 Å². The minimum absolute atomic E-state index is 0.0434. The summed E-state index contributed by atoms with van der Waals surface area (Å²) in [4.78, 5) is 13.3. The van der Waals surface area contributed by atoms with Gasteiger partial charge in [-0.25, -0.2) is 9.18 Å². The molecule has 2 N–H and O–H groups in total. The molecule has 0 unspecified atom stereocenters. The van der Waals surface area contributed by atoms with Crippen LogP contribution in [-0.2, 0) is 0 Å². The molecule has 3 nitrogen and oxygen atoms in total. The average Bonchev–Trinajstić information content (AvgIpc) is 2.17. The van der Waals surface area contributed by atoms with Gasteiger partial charge in [0.15, 0.2) is 0 Å². The fourth-order valence-corrected chi connectivity index (χ4v) is 1.70. The number of benzene rings is 1. The molecule has 0 aliphatic carbocycles. The highest BCUT2D eigenvalue weighted by Gasteiger charge is 2.08. The maximum absolute atomic E-state index is 13.3. The Morgan fingerprint density at radius 3 is 2.87 bits per heavy atom. The zero-order chi connectivity index (χ0) is 11.0. The molecule has 0 aliphatic heterocycles. The number of rotatable bonds is 1. The van der Waals surface area contributed by atoms with Gasteiger partial charge in [0.05, 0.1) is 15.4 Å². The highest BCUT2D eigenvalue weighted by Crippen LogP contribution is 2.18. The molecule has 2 aromatic rings. The Labute approximate surface area is 89.2 Å². The highest BCUT2D eigenvalue weighted by atomic mass is 32.1. The second-order valence-electron chi connectivity index (χ2n) is 3.01. The summed E-state index contributed by atoms with van der Waals surface area (Å²) in [6.07, 6.45) is 0. The quantitative estimate of drug-likeness (QED) is 0.731. The predicted molar refractivity (Wildman–Crippen MR) is 56.1 cm³/mol. The van der Waals surface area contributed by atoms with Gasteiger partial charge in [-0.3, -0.25) is 0 Å². The van der Waals surface area contributed by atoms with Gasteiger partial charge in [-0.2, -0.15) is 0 Å². The minimum atomic E-state index is -1.12. The Kier molecular flexibility index (Phi) is 2.24. The SMILES string of the molecule is O=C(O)c1cc(=S)c2c(F)cccc2[nH]1. The normalized spacial score (nSPS) is 10.5. The number of carboxylic acids is 1. The van der Waals surface area contributed by atoms with E-state index in [4.69, 9.17) is 17.3 Å². The zero-order valence-corrected chi connectivity index (χ0v) is 8.27. The fraction of sp³-hybridized carbons (Fsp3) is 0. The Balaban J connectivity index is 2.91. The van der Waals surface area contributed by atoms with Crippen molar-refractivity contribution < 1.29 is 14.3 Å². The number of nitrogens with one attached hydrogen (secondary N) is 1. The molecular weight excluding hydrogens is 217 g/mol. The Morgan fingerprint density at radius 1 is 1.47 bits per heavy atom. The second-order valence-corrected chi connectivity index (χ2v) is 3.45. The molecule has 0 amide bonds. The first kappa shape index (κ1) is 9.79. The summed E-state index contributed by atoms with van der Waals surface area (Å²) in [5.74, 6) is -1.57. The number of halogens is 1. The van der Waals surface area contributed by atoms with Gasteiger partial charge in [0.2, 0.25) is 0 Å². The fourth-order valence-electron chi connectivity index (χ4n) is 1.38. The Hall–Kier alpha value is -1.75. The van der Waals surface area contributed by atoms with E-state index < -0.39 is 11.8 Å². The number of aromatic carboxylic acids is 1. The summed E-state index contributed by atoms with van der Waals surface area (Å²) in [6.45, 7) is 0. The van der Waals surface area contributed by atoms with E-state index in [-0.39, 0.29) is 15.6 Å². The molecular formula is C10H6FNO2S. The van der Waals surface area contributed by atoms with Crippen LogP contribution in [0.5, 0.6) is 0 Å². The maximum atomic E-state index is 13.3. The summed E-state index contributed by atoms with van der Waals surface area (Å²) < 4.78 is 13.5. The predicted octanol–water partition coefficient (Wildman–Crippen LogP) is 2.73. The molecule has 15 heavy (non-hydrogen) atoms. The highest BCUT2D eigenvalue weighted by molar-refractivity contribution is 7.71. The third-order valence-corrected chi connectivity index (χ3v) is 2.36. The summed E-state index contributed by atoms with van der Waals surface area (Å²) in [7, 11) is 0. The molecule has 0 aliphatic rings. The number of hydrogen-bond donors (Lipinski definition) is 2. The molecule has 1 heterocycles. The molecule has 0 radical (unpaired) electrons. The molecule has 0 fully saturated rings. The van der Waals surface area contributed by atoms with E-state index >= 15 is 0 Å². The van der Waals surface area contributed by atoms with E-state index in [1.165, 1.54) is 18.2 Å². The molecule has 0 spiro atoms. The topological polar surface area (TPSA) is 53.1 Å². The molecule has 0 saturated carbocycles. The number of fused-ring (bicyclic) bond motifs is 1. The van der Waals surface area contributed by atoms with E-state index in [0.29, 0.717) is 5.52 Å². The van der Waals surface area contributed by atoms with Gasteiger partial charge in [0.25, 0.3) is 0 Å². The van der Waals surface area contributed by atoms with E-state index in [0.717, 1.165) is 0 Å². The monoisotopic (exact) mass is 223 g/mol. The van der Waals surface area contributed by atoms with Gasteiger partial charge < -0.3 is 10.1 Å². The maximum Gasteiger partial charge on any atom is 0.352 e. The van der Waals surface area contributed by atoms with Gasteiger partial charge in [0, 0.05) is 0 Å². The molecule has 0 bridgehead atoms. The Morgan fingerprint density at radius 2 is 2.20 bits per heavy atom. The molecule has 0 saturated heterocycles. The third kappa shape index (κ3) is 1.61. The van der Waals surface area contributed by atoms with Gasteiger partial charge in [-0.1, -0.05) is 18.3 Å². The number of aromatic amines is 1. The van der Waals surface area contributed by atoms with E-state index in [1.54, 1.807) is 6.07 Å². The molecule has 0 atom stereocenters. The number of carbonyl (C=O) groups is 1. The van der Waals surface area contributed by atoms with Crippen LogP contribution < -0.4 is 0 Å². The molecule has 1 aromatic heterocycles. The van der Waals surface area contributed by atoms with Crippen molar-refractivity contribution in [2.45, 2.75) is 0 Å². The third-order valence-electron chi connectivity index (χ3n) is 2.04. The van der Waals surface area contributed by atoms with Crippen LogP contribution in [0.2, 0.25) is 0 Å². The van der Waals surface area contributed by atoms with Crippen molar-refractivity contribution in [3.05, 3.63) is 40.3 Å². The van der Waals surface area contributed by atoms with E-state index in [2.05, 4.69) is 4.98 Å². The number of hydrogen-bond acceptors (Lipinski definition) is 2. The van der Waals surface area contributed by atoms with Crippen LogP contribution in [0.25, 0.3) is 10.9 Å². The van der Waals surface area contributed by atoms with Crippen molar-refractivity contribution in [2.24, 2.45) is 0 Å². The van der Waals surface area contributed by atoms with Crippen molar-refractivity contribution >= 4 is 29.1 Å². The second kappa shape index (κ2) is 3.43. The van der Waals surface area contributed by atoms with Crippen molar-refractivity contribution in [3.8, 4) is 0 Å². The lowest BCUT2D eigenvalue weighted by molar-refractivity contribution is 0.0691. The van der Waals surface area contributed by atoms with Crippen molar-refractivity contribution in [1.29, 1.82) is 0 Å². The zero-order valence-electron chi connectivity index (χ0n) is 7.45. The average molecular weight is 223 g/mol. The standard InChI is InChI=1S/C10H6FNO2S/c11-5-2-1-3-6-9(5)8(15)4-7(12-6)10(13)14/h1-4H,(H,12,15)(H,13,14). The summed E-state index contributed by atoms with van der Waals surface area (Å²) in [5.41, 5.74) is 0.345. The lowest BCUT2D eigenvalue weighted by atomic mass is 10.2. The molecule has 76 valence electrons. The number of H-pyrrole nitrogens is 1. The molecule has 5 heteroatoms. The van der Waals surface area contributed by atoms with Crippen LogP contribution >= 0.6 is 12.2 Å². The first-order chi connectivity index (χ1) is 7.09. The first-order valence-electron chi connectivity index (χ1n) is 4.14. The lowest BCUT2D eigenvalue weighted by Crippen LogP contribution is -2.00. The number of carboxylic acid groups (broad SMARTS) is 1. The summed E-state index contributed by atoms with van der Waals surface area (Å²) in [5, 5.41) is 9.01. The van der Waals surface area contributed by atoms with Crippen LogP contribution in [0.1, 0.15) is 10.5 Å². The summed E-state index contributed by atoms with van der Waals surface area (Å²) in [6, 6.07) is 5.60. The smallest absolute Gasteiger partial charge is 0.352 e. The van der Waals surface area contributed by atoms with Crippen molar-refractivity contribution in [2.75, 3.05) is 0 Å². The van der Waals surface area contributed by atoms with Gasteiger partial charge in [-0.05, 0) is 18.2 Å². The minimum Gasteiger partial charge on any atom is -0.477 e. The van der Waals surface area contributed by atoms with Crippen LogP contribution in [0, 0.1) is 10.3 Å². The first-order valence-corrected chi connectivity index (χ1v) is 4.55. The Bertz CT molecular complexity index is 606. The van der Waals surface area contributed by atoms with Crippen LogP contribution in [0.15, 0.2) is 24.3 Å². The molecule has 1 aromatic carbocycles. The van der Waals surface area contributed by atoms with Crippen LogP contribution in [0.3, 0.4) is 0 Å². The summed E-state index contributed by atoms with van der Waals surface area (Å²) >= 11 is 4.92. The van der Waals surface area contributed by atoms with Crippen LogP contribution in [-0.4, -0.2) is 16.1 Å². The van der Waals surface area contributed by atoms with Gasteiger partial charge >= 0.3 is 5.97 Å². The van der Waals surface area contributed by atoms with Gasteiger partial charge in [-0.15, -0.1) is 0 Å². The largest absolute Gasteiger partial charge is 0.477 e. The van der Waals surface area contributed by atoms with Crippen LogP contribution in [0.4, 0.5) is 4.39 Å². The van der Waals surface area contributed by atoms with E-state index in [1.807, 2.05) is 0 Å². The molecule has 2 rings (SSSR count). The van der Waals surface area contributed by atoms with Crippen molar-refractivity contribution in [3.63, 3.8) is 0 Å². The number of aromatic nitrogens is 1. The lowest BCUT2D eigenvalue weighted by Gasteiger charge is -2.02.